The molecule has 0 fully saturated rings. The number of allylic oxidation sites excluding steroid dienone is 1. The number of hydrogen-bond acceptors (Lipinski definition) is 1. The Balaban J connectivity index is 3.82. The second kappa shape index (κ2) is 4.94. The fraction of sp³-hybridized carbons (Fsp3) is 0.667. The monoisotopic (exact) mass is 156 g/mol. The van der Waals surface area contributed by atoms with E-state index in [-0.39, 0.29) is 0 Å². The summed E-state index contributed by atoms with van der Waals surface area (Å²) in [5, 5.41) is 8.50. The van der Waals surface area contributed by atoms with Crippen molar-refractivity contribution < 1.29 is 9.90 Å². The van der Waals surface area contributed by atoms with Crippen molar-refractivity contribution in [1.82, 2.24) is 0 Å². The minimum Gasteiger partial charge on any atom is -0.478 e. The Kier molecular flexibility index (Phi) is 4.59. The van der Waals surface area contributed by atoms with Crippen molar-refractivity contribution in [3.63, 3.8) is 0 Å². The van der Waals surface area contributed by atoms with Crippen LogP contribution >= 0.6 is 0 Å². The SMILES string of the molecule is CCC(C)C/C=C(/C)C(=O)O. The highest BCUT2D eigenvalue weighted by Gasteiger charge is 2.00. The molecule has 0 aliphatic rings. The van der Waals surface area contributed by atoms with Crippen LogP contribution in [0.1, 0.15) is 33.6 Å². The molecule has 0 spiro atoms. The van der Waals surface area contributed by atoms with Gasteiger partial charge in [0.2, 0.25) is 0 Å². The van der Waals surface area contributed by atoms with Crippen molar-refractivity contribution in [3.8, 4) is 0 Å². The minimum absolute atomic E-state index is 0.449. The molecule has 0 bridgehead atoms. The molecule has 1 unspecified atom stereocenters. The molecular formula is C9H16O2. The molecule has 64 valence electrons. The fourth-order valence-electron chi connectivity index (χ4n) is 0.632. The highest BCUT2D eigenvalue weighted by Crippen LogP contribution is 2.08. The summed E-state index contributed by atoms with van der Waals surface area (Å²) in [7, 11) is 0. The molecule has 0 aromatic heterocycles. The first-order valence-corrected chi connectivity index (χ1v) is 3.98. The molecule has 2 nitrogen and oxygen atoms in total. The lowest BCUT2D eigenvalue weighted by molar-refractivity contribution is -0.132. The lowest BCUT2D eigenvalue weighted by Crippen LogP contribution is -1.97. The lowest BCUT2D eigenvalue weighted by Gasteiger charge is -2.02. The molecule has 1 N–H and O–H groups in total. The Morgan fingerprint density at radius 2 is 2.18 bits per heavy atom. The van der Waals surface area contributed by atoms with Gasteiger partial charge in [-0.2, -0.15) is 0 Å². The highest BCUT2D eigenvalue weighted by molar-refractivity contribution is 5.85. The van der Waals surface area contributed by atoms with Crippen LogP contribution in [0.4, 0.5) is 0 Å². The second-order valence-electron chi connectivity index (χ2n) is 2.94. The van der Waals surface area contributed by atoms with Gasteiger partial charge < -0.3 is 5.11 Å². The van der Waals surface area contributed by atoms with Crippen molar-refractivity contribution in [2.45, 2.75) is 33.6 Å². The van der Waals surface area contributed by atoms with Crippen molar-refractivity contribution >= 4 is 5.97 Å². The van der Waals surface area contributed by atoms with Crippen LogP contribution in [-0.2, 0) is 4.79 Å². The summed E-state index contributed by atoms with van der Waals surface area (Å²) in [5.74, 6) is -0.224. The van der Waals surface area contributed by atoms with E-state index in [9.17, 15) is 4.79 Å². The van der Waals surface area contributed by atoms with E-state index in [1.165, 1.54) is 0 Å². The molecule has 11 heavy (non-hydrogen) atoms. The maximum atomic E-state index is 10.3. The third-order valence-electron chi connectivity index (χ3n) is 1.86. The summed E-state index contributed by atoms with van der Waals surface area (Å²) in [4.78, 5) is 10.3. The number of aliphatic carboxylic acids is 1. The fourth-order valence-corrected chi connectivity index (χ4v) is 0.632. The zero-order valence-corrected chi connectivity index (χ0v) is 7.42. The Morgan fingerprint density at radius 3 is 2.55 bits per heavy atom. The Hall–Kier alpha value is -0.790. The van der Waals surface area contributed by atoms with Crippen LogP contribution in [0.15, 0.2) is 11.6 Å². The molecule has 0 saturated heterocycles. The minimum atomic E-state index is -0.812. The van der Waals surface area contributed by atoms with Crippen LogP contribution in [0.2, 0.25) is 0 Å². The predicted octanol–water partition coefficient (Wildman–Crippen LogP) is 2.45. The summed E-state index contributed by atoms with van der Waals surface area (Å²) >= 11 is 0. The van der Waals surface area contributed by atoms with Gasteiger partial charge in [0.25, 0.3) is 0 Å². The van der Waals surface area contributed by atoms with Crippen LogP contribution in [0.25, 0.3) is 0 Å². The number of hydrogen-bond donors (Lipinski definition) is 1. The van der Waals surface area contributed by atoms with Crippen molar-refractivity contribution in [2.75, 3.05) is 0 Å². The van der Waals surface area contributed by atoms with Crippen molar-refractivity contribution in [2.24, 2.45) is 5.92 Å². The smallest absolute Gasteiger partial charge is 0.330 e. The third kappa shape index (κ3) is 4.59. The van der Waals surface area contributed by atoms with Crippen molar-refractivity contribution in [1.29, 1.82) is 0 Å². The topological polar surface area (TPSA) is 37.3 Å². The van der Waals surface area contributed by atoms with Gasteiger partial charge in [-0.25, -0.2) is 4.79 Å². The first-order valence-electron chi connectivity index (χ1n) is 3.98. The van der Waals surface area contributed by atoms with Crippen LogP contribution in [0.3, 0.4) is 0 Å². The molecule has 0 aromatic rings. The van der Waals surface area contributed by atoms with Gasteiger partial charge in [-0.3, -0.25) is 0 Å². The predicted molar refractivity (Wildman–Crippen MR) is 45.5 cm³/mol. The van der Waals surface area contributed by atoms with E-state index in [0.717, 1.165) is 12.8 Å². The van der Waals surface area contributed by atoms with E-state index in [1.54, 1.807) is 13.0 Å². The molecule has 1 atom stereocenters. The number of carbonyl (C=O) groups is 1. The third-order valence-corrected chi connectivity index (χ3v) is 1.86. The van der Waals surface area contributed by atoms with Gasteiger partial charge in [-0.15, -0.1) is 0 Å². The molecular weight excluding hydrogens is 140 g/mol. The molecule has 0 rings (SSSR count). The largest absolute Gasteiger partial charge is 0.478 e. The molecule has 0 aliphatic heterocycles. The molecule has 0 aliphatic carbocycles. The Bertz CT molecular complexity index is 159. The van der Waals surface area contributed by atoms with Crippen molar-refractivity contribution in [3.05, 3.63) is 11.6 Å². The maximum absolute atomic E-state index is 10.3. The molecule has 0 aromatic carbocycles. The zero-order chi connectivity index (χ0) is 8.85. The summed E-state index contributed by atoms with van der Waals surface area (Å²) in [6.45, 7) is 5.85. The molecule has 0 radical (unpaired) electrons. The van der Waals surface area contributed by atoms with Gasteiger partial charge in [0.05, 0.1) is 0 Å². The van der Waals surface area contributed by atoms with E-state index < -0.39 is 5.97 Å². The quantitative estimate of drug-likeness (QED) is 0.635. The average Bonchev–Trinajstić information content (AvgIpc) is 1.99. The van der Waals surface area contributed by atoms with Crippen LogP contribution < -0.4 is 0 Å². The summed E-state index contributed by atoms with van der Waals surface area (Å²) in [6.07, 6.45) is 3.76. The van der Waals surface area contributed by atoms with E-state index in [2.05, 4.69) is 13.8 Å². The average molecular weight is 156 g/mol. The van der Waals surface area contributed by atoms with Gasteiger partial charge in [0.1, 0.15) is 0 Å². The van der Waals surface area contributed by atoms with Gasteiger partial charge in [0, 0.05) is 5.57 Å². The van der Waals surface area contributed by atoms with Gasteiger partial charge >= 0.3 is 5.97 Å². The number of rotatable bonds is 4. The second-order valence-corrected chi connectivity index (χ2v) is 2.94. The van der Waals surface area contributed by atoms with E-state index in [1.807, 2.05) is 0 Å². The van der Waals surface area contributed by atoms with Gasteiger partial charge in [-0.05, 0) is 19.3 Å². The Morgan fingerprint density at radius 1 is 1.64 bits per heavy atom. The summed E-state index contributed by atoms with van der Waals surface area (Å²) < 4.78 is 0. The van der Waals surface area contributed by atoms with E-state index >= 15 is 0 Å². The maximum Gasteiger partial charge on any atom is 0.330 e. The van der Waals surface area contributed by atoms with E-state index in [0.29, 0.717) is 11.5 Å². The normalized spacial score (nSPS) is 14.6. The molecule has 0 amide bonds. The summed E-state index contributed by atoms with van der Waals surface area (Å²) in [6, 6.07) is 0. The number of carboxylic acid groups (broad SMARTS) is 1. The standard InChI is InChI=1S/C9H16O2/c1-4-7(2)5-6-8(3)9(10)11/h6-7H,4-5H2,1-3H3,(H,10,11)/b8-6-. The van der Waals surface area contributed by atoms with Gasteiger partial charge in [-0.1, -0.05) is 26.3 Å². The molecule has 2 heteroatoms. The van der Waals surface area contributed by atoms with Crippen LogP contribution in [0, 0.1) is 5.92 Å². The van der Waals surface area contributed by atoms with E-state index in [4.69, 9.17) is 5.11 Å². The number of carboxylic acids is 1. The van der Waals surface area contributed by atoms with Crippen LogP contribution in [-0.4, -0.2) is 11.1 Å². The molecule has 0 saturated carbocycles. The lowest BCUT2D eigenvalue weighted by atomic mass is 10.0. The zero-order valence-electron chi connectivity index (χ0n) is 7.42. The molecule has 0 heterocycles. The van der Waals surface area contributed by atoms with Gasteiger partial charge in [0.15, 0.2) is 0 Å². The van der Waals surface area contributed by atoms with Crippen LogP contribution in [0.5, 0.6) is 0 Å². The first-order chi connectivity index (χ1) is 5.07. The highest BCUT2D eigenvalue weighted by atomic mass is 16.4. The Labute approximate surface area is 67.9 Å². The summed E-state index contributed by atoms with van der Waals surface area (Å²) in [5.41, 5.74) is 0.449. The first kappa shape index (κ1) is 10.2.